The smallest absolute Gasteiger partial charge is 0.237 e. The summed E-state index contributed by atoms with van der Waals surface area (Å²) in [7, 11) is 1.90. The maximum Gasteiger partial charge on any atom is 0.237 e. The third kappa shape index (κ3) is 3.57. The van der Waals surface area contributed by atoms with Crippen molar-refractivity contribution in [1.29, 1.82) is 0 Å². The van der Waals surface area contributed by atoms with Crippen molar-refractivity contribution in [2.24, 2.45) is 12.8 Å². The van der Waals surface area contributed by atoms with E-state index in [1.807, 2.05) is 25.6 Å². The molecule has 1 heterocycles. The van der Waals surface area contributed by atoms with Crippen LogP contribution in [0, 0.1) is 13.8 Å². The van der Waals surface area contributed by atoms with Gasteiger partial charge in [-0.25, -0.2) is 0 Å². The van der Waals surface area contributed by atoms with Crippen molar-refractivity contribution >= 4 is 5.91 Å². The van der Waals surface area contributed by atoms with E-state index in [9.17, 15) is 4.79 Å². The summed E-state index contributed by atoms with van der Waals surface area (Å²) in [4.78, 5) is 11.8. The molecule has 0 spiro atoms. The number of nitrogens with one attached hydrogen (secondary N) is 1. The number of unbranched alkanes of at least 4 members (excludes halogenated alkanes) is 1. The third-order valence-electron chi connectivity index (χ3n) is 3.30. The van der Waals surface area contributed by atoms with E-state index in [0.717, 1.165) is 36.2 Å². The zero-order chi connectivity index (χ0) is 13.7. The van der Waals surface area contributed by atoms with E-state index >= 15 is 0 Å². The van der Waals surface area contributed by atoms with Gasteiger partial charge in [-0.1, -0.05) is 19.8 Å². The first-order valence-corrected chi connectivity index (χ1v) is 6.49. The van der Waals surface area contributed by atoms with E-state index < -0.39 is 6.04 Å². The Bertz CT molecular complexity index is 411. The Morgan fingerprint density at radius 1 is 1.50 bits per heavy atom. The standard InChI is InChI=1S/C13H24N4O/c1-5-6-7-12(14)13(18)15-8-11-9(2)16-17(4)10(11)3/h12H,5-8,14H2,1-4H3,(H,15,18). The Balaban J connectivity index is 2.52. The van der Waals surface area contributed by atoms with Crippen LogP contribution in [0.15, 0.2) is 0 Å². The first kappa shape index (κ1) is 14.7. The van der Waals surface area contributed by atoms with Crippen molar-refractivity contribution in [1.82, 2.24) is 15.1 Å². The van der Waals surface area contributed by atoms with Crippen LogP contribution < -0.4 is 11.1 Å². The van der Waals surface area contributed by atoms with Gasteiger partial charge in [0, 0.05) is 24.8 Å². The summed E-state index contributed by atoms with van der Waals surface area (Å²) in [5.74, 6) is -0.0777. The van der Waals surface area contributed by atoms with E-state index in [0.29, 0.717) is 6.54 Å². The highest BCUT2D eigenvalue weighted by molar-refractivity contribution is 5.81. The summed E-state index contributed by atoms with van der Waals surface area (Å²) in [5.41, 5.74) is 8.93. The molecule has 5 heteroatoms. The molecular weight excluding hydrogens is 228 g/mol. The summed E-state index contributed by atoms with van der Waals surface area (Å²) >= 11 is 0. The van der Waals surface area contributed by atoms with Crippen molar-refractivity contribution in [2.75, 3.05) is 0 Å². The summed E-state index contributed by atoms with van der Waals surface area (Å²) in [6.45, 7) is 6.54. The number of nitrogens with zero attached hydrogens (tertiary/aromatic N) is 2. The van der Waals surface area contributed by atoms with Crippen LogP contribution in [0.1, 0.15) is 43.1 Å². The number of aryl methyl sites for hydroxylation is 2. The first-order chi connectivity index (χ1) is 8.47. The zero-order valence-electron chi connectivity index (χ0n) is 11.8. The van der Waals surface area contributed by atoms with E-state index in [2.05, 4.69) is 17.3 Å². The lowest BCUT2D eigenvalue weighted by Crippen LogP contribution is -2.40. The first-order valence-electron chi connectivity index (χ1n) is 6.49. The molecule has 1 rings (SSSR count). The van der Waals surface area contributed by atoms with Gasteiger partial charge in [-0.05, 0) is 20.3 Å². The Labute approximate surface area is 109 Å². The summed E-state index contributed by atoms with van der Waals surface area (Å²) in [6.07, 6.45) is 2.79. The Morgan fingerprint density at radius 3 is 2.67 bits per heavy atom. The molecule has 102 valence electrons. The molecule has 0 aliphatic heterocycles. The number of hydrogen-bond donors (Lipinski definition) is 2. The van der Waals surface area contributed by atoms with Gasteiger partial charge < -0.3 is 11.1 Å². The Kier molecular flexibility index (Phi) is 5.34. The van der Waals surface area contributed by atoms with Gasteiger partial charge in [0.2, 0.25) is 5.91 Å². The average molecular weight is 252 g/mol. The Hall–Kier alpha value is -1.36. The molecule has 1 atom stereocenters. The van der Waals surface area contributed by atoms with Crippen molar-refractivity contribution in [2.45, 2.75) is 52.6 Å². The molecule has 18 heavy (non-hydrogen) atoms. The fraction of sp³-hybridized carbons (Fsp3) is 0.692. The molecule has 0 bridgehead atoms. The van der Waals surface area contributed by atoms with Crippen LogP contribution in [0.5, 0.6) is 0 Å². The fourth-order valence-electron chi connectivity index (χ4n) is 1.94. The highest BCUT2D eigenvalue weighted by atomic mass is 16.2. The molecule has 0 aliphatic carbocycles. The zero-order valence-corrected chi connectivity index (χ0v) is 11.8. The number of nitrogens with two attached hydrogens (primary N) is 1. The number of rotatable bonds is 6. The van der Waals surface area contributed by atoms with E-state index in [1.54, 1.807) is 0 Å². The van der Waals surface area contributed by atoms with Crippen molar-refractivity contribution < 1.29 is 4.79 Å². The van der Waals surface area contributed by atoms with Gasteiger partial charge in [0.05, 0.1) is 11.7 Å². The second-order valence-electron chi connectivity index (χ2n) is 4.74. The maximum atomic E-state index is 11.8. The predicted molar refractivity (Wildman–Crippen MR) is 72.0 cm³/mol. The molecular formula is C13H24N4O. The van der Waals surface area contributed by atoms with Crippen LogP contribution >= 0.6 is 0 Å². The van der Waals surface area contributed by atoms with Gasteiger partial charge in [0.15, 0.2) is 0 Å². The number of amides is 1. The van der Waals surface area contributed by atoms with Gasteiger partial charge in [0.25, 0.3) is 0 Å². The number of aromatic nitrogens is 2. The number of hydrogen-bond acceptors (Lipinski definition) is 3. The second-order valence-corrected chi connectivity index (χ2v) is 4.74. The lowest BCUT2D eigenvalue weighted by molar-refractivity contribution is -0.122. The molecule has 0 saturated carbocycles. The minimum atomic E-state index is -0.401. The minimum Gasteiger partial charge on any atom is -0.351 e. The van der Waals surface area contributed by atoms with Crippen LogP contribution in [0.25, 0.3) is 0 Å². The Morgan fingerprint density at radius 2 is 2.17 bits per heavy atom. The van der Waals surface area contributed by atoms with E-state index in [-0.39, 0.29) is 5.91 Å². The van der Waals surface area contributed by atoms with Crippen LogP contribution in [-0.2, 0) is 18.4 Å². The van der Waals surface area contributed by atoms with Crippen molar-refractivity contribution in [3.05, 3.63) is 17.0 Å². The molecule has 5 nitrogen and oxygen atoms in total. The van der Waals surface area contributed by atoms with Crippen LogP contribution in [0.4, 0.5) is 0 Å². The van der Waals surface area contributed by atoms with Crippen LogP contribution in [-0.4, -0.2) is 21.7 Å². The average Bonchev–Trinajstić information content (AvgIpc) is 2.58. The largest absolute Gasteiger partial charge is 0.351 e. The highest BCUT2D eigenvalue weighted by Crippen LogP contribution is 2.11. The molecule has 0 aliphatic rings. The molecule has 0 saturated heterocycles. The lowest BCUT2D eigenvalue weighted by atomic mass is 10.1. The van der Waals surface area contributed by atoms with Crippen molar-refractivity contribution in [3.8, 4) is 0 Å². The molecule has 1 amide bonds. The van der Waals surface area contributed by atoms with Crippen molar-refractivity contribution in [3.63, 3.8) is 0 Å². The minimum absolute atomic E-state index is 0.0777. The fourth-order valence-corrected chi connectivity index (χ4v) is 1.94. The van der Waals surface area contributed by atoms with Gasteiger partial charge in [-0.2, -0.15) is 5.10 Å². The monoisotopic (exact) mass is 252 g/mol. The van der Waals surface area contributed by atoms with E-state index in [4.69, 9.17) is 5.73 Å². The molecule has 0 fully saturated rings. The quantitative estimate of drug-likeness (QED) is 0.798. The SMILES string of the molecule is CCCCC(N)C(=O)NCc1c(C)nn(C)c1C. The molecule has 0 radical (unpaired) electrons. The van der Waals surface area contributed by atoms with Crippen LogP contribution in [0.3, 0.4) is 0 Å². The number of carbonyl (C=O) groups is 1. The molecule has 1 unspecified atom stereocenters. The predicted octanol–water partition coefficient (Wildman–Crippen LogP) is 1.17. The maximum absolute atomic E-state index is 11.8. The van der Waals surface area contributed by atoms with Gasteiger partial charge in [-0.3, -0.25) is 9.48 Å². The third-order valence-corrected chi connectivity index (χ3v) is 3.30. The highest BCUT2D eigenvalue weighted by Gasteiger charge is 2.14. The summed E-state index contributed by atoms with van der Waals surface area (Å²) in [6, 6.07) is -0.401. The second kappa shape index (κ2) is 6.54. The topological polar surface area (TPSA) is 72.9 Å². The molecule has 1 aromatic rings. The summed E-state index contributed by atoms with van der Waals surface area (Å²) < 4.78 is 1.83. The molecule has 1 aromatic heterocycles. The molecule has 3 N–H and O–H groups in total. The summed E-state index contributed by atoms with van der Waals surface area (Å²) in [5, 5.41) is 7.20. The number of carbonyl (C=O) groups excluding carboxylic acids is 1. The van der Waals surface area contributed by atoms with Gasteiger partial charge >= 0.3 is 0 Å². The van der Waals surface area contributed by atoms with Crippen LogP contribution in [0.2, 0.25) is 0 Å². The van der Waals surface area contributed by atoms with Gasteiger partial charge in [0.1, 0.15) is 0 Å². The van der Waals surface area contributed by atoms with Gasteiger partial charge in [-0.15, -0.1) is 0 Å². The lowest BCUT2D eigenvalue weighted by Gasteiger charge is -2.11. The normalized spacial score (nSPS) is 12.5. The molecule has 0 aromatic carbocycles. The van der Waals surface area contributed by atoms with E-state index in [1.165, 1.54) is 0 Å².